The molecule has 1 fully saturated rings. The molecule has 1 saturated heterocycles. The predicted octanol–water partition coefficient (Wildman–Crippen LogP) is 3.59. The van der Waals surface area contributed by atoms with Crippen molar-refractivity contribution in [3.05, 3.63) is 82.6 Å². The first-order valence-corrected chi connectivity index (χ1v) is 8.81. The number of allylic oxidation sites excluding steroid dienone is 2. The van der Waals surface area contributed by atoms with Crippen molar-refractivity contribution in [3.8, 4) is 0 Å². The van der Waals surface area contributed by atoms with Crippen LogP contribution >= 0.6 is 0 Å². The average Bonchev–Trinajstić information content (AvgIpc) is 2.67. The first-order valence-electron chi connectivity index (χ1n) is 8.81. The molecule has 0 atom stereocenters. The van der Waals surface area contributed by atoms with E-state index in [0.717, 1.165) is 11.1 Å². The summed E-state index contributed by atoms with van der Waals surface area (Å²) in [6.45, 7) is 6.27. The van der Waals surface area contributed by atoms with Crippen LogP contribution in [0, 0.1) is 13.8 Å². The summed E-state index contributed by atoms with van der Waals surface area (Å²) in [5.41, 5.74) is 3.79. The highest BCUT2D eigenvalue weighted by molar-refractivity contribution is 6.14. The molecule has 0 aliphatic carbocycles. The summed E-state index contributed by atoms with van der Waals surface area (Å²) in [5, 5.41) is 0. The van der Waals surface area contributed by atoms with Gasteiger partial charge in [0.15, 0.2) is 5.78 Å². The Bertz CT molecular complexity index is 813. The maximum Gasteiger partial charge on any atom is 0.209 e. The maximum atomic E-state index is 13.1. The van der Waals surface area contributed by atoms with Crippen LogP contribution in [-0.2, 0) is 4.74 Å². The minimum atomic E-state index is -0.160. The second kappa shape index (κ2) is 8.11. The van der Waals surface area contributed by atoms with Gasteiger partial charge in [-0.25, -0.2) is 0 Å². The fourth-order valence-electron chi connectivity index (χ4n) is 2.88. The van der Waals surface area contributed by atoms with Gasteiger partial charge in [0.25, 0.3) is 0 Å². The molecule has 2 aromatic carbocycles. The maximum absolute atomic E-state index is 13.1. The lowest BCUT2D eigenvalue weighted by atomic mass is 10.0. The Balaban J connectivity index is 1.94. The second-order valence-corrected chi connectivity index (χ2v) is 6.55. The number of carbonyl (C=O) groups is 2. The van der Waals surface area contributed by atoms with Crippen LogP contribution in [0.25, 0.3) is 0 Å². The average molecular weight is 349 g/mol. The third kappa shape index (κ3) is 4.27. The molecule has 134 valence electrons. The van der Waals surface area contributed by atoms with Crippen molar-refractivity contribution < 1.29 is 14.3 Å². The molecule has 4 heteroatoms. The third-order valence-electron chi connectivity index (χ3n) is 4.50. The van der Waals surface area contributed by atoms with Gasteiger partial charge < -0.3 is 9.64 Å². The van der Waals surface area contributed by atoms with Gasteiger partial charge in [-0.3, -0.25) is 9.59 Å². The molecule has 1 heterocycles. The minimum Gasteiger partial charge on any atom is -0.378 e. The van der Waals surface area contributed by atoms with E-state index in [1.54, 1.807) is 12.1 Å². The van der Waals surface area contributed by atoms with Crippen LogP contribution in [0.4, 0.5) is 0 Å². The summed E-state index contributed by atoms with van der Waals surface area (Å²) >= 11 is 0. The molecular formula is C22H23NO3. The van der Waals surface area contributed by atoms with Gasteiger partial charge >= 0.3 is 0 Å². The number of hydrogen-bond acceptors (Lipinski definition) is 4. The number of hydrogen-bond donors (Lipinski definition) is 0. The molecule has 2 aromatic rings. The van der Waals surface area contributed by atoms with E-state index in [9.17, 15) is 9.59 Å². The molecule has 0 radical (unpaired) electrons. The number of Topliss-reactive ketones (excluding diaryl/α,β-unsaturated/α-hetero) is 1. The van der Waals surface area contributed by atoms with Gasteiger partial charge in [-0.1, -0.05) is 59.7 Å². The Morgan fingerprint density at radius 2 is 1.35 bits per heavy atom. The van der Waals surface area contributed by atoms with Gasteiger partial charge in [0, 0.05) is 30.3 Å². The summed E-state index contributed by atoms with van der Waals surface area (Å²) < 4.78 is 5.39. The Kier molecular flexibility index (Phi) is 5.64. The number of rotatable bonds is 5. The summed E-state index contributed by atoms with van der Waals surface area (Å²) in [7, 11) is 0. The van der Waals surface area contributed by atoms with E-state index in [2.05, 4.69) is 0 Å². The van der Waals surface area contributed by atoms with Gasteiger partial charge in [-0.15, -0.1) is 0 Å². The normalized spacial score (nSPS) is 15.0. The molecule has 3 rings (SSSR count). The van der Waals surface area contributed by atoms with E-state index in [1.165, 1.54) is 6.08 Å². The molecular weight excluding hydrogens is 326 g/mol. The number of morpholine rings is 1. The molecule has 0 amide bonds. The lowest BCUT2D eigenvalue weighted by Gasteiger charge is -2.30. The van der Waals surface area contributed by atoms with Crippen molar-refractivity contribution in [2.75, 3.05) is 26.3 Å². The number of benzene rings is 2. The zero-order valence-corrected chi connectivity index (χ0v) is 15.2. The molecule has 0 unspecified atom stereocenters. The standard InChI is InChI=1S/C22H23NO3/c1-16-3-7-18(8-4-16)21(24)15-20(23-11-13-26-14-12-23)22(25)19-9-5-17(2)6-10-19/h3-10,15H,11-14H2,1-2H3/b20-15-. The second-order valence-electron chi connectivity index (χ2n) is 6.55. The van der Waals surface area contributed by atoms with Crippen molar-refractivity contribution in [1.29, 1.82) is 0 Å². The zero-order chi connectivity index (χ0) is 18.5. The number of ether oxygens (including phenoxy) is 1. The van der Waals surface area contributed by atoms with Crippen molar-refractivity contribution in [1.82, 2.24) is 4.90 Å². The first kappa shape index (κ1) is 18.1. The Labute approximate surface area is 154 Å². The van der Waals surface area contributed by atoms with Crippen molar-refractivity contribution in [3.63, 3.8) is 0 Å². The molecule has 0 saturated carbocycles. The monoisotopic (exact) mass is 349 g/mol. The number of ketones is 2. The highest BCUT2D eigenvalue weighted by Crippen LogP contribution is 2.17. The van der Waals surface area contributed by atoms with E-state index < -0.39 is 0 Å². The minimum absolute atomic E-state index is 0.132. The molecule has 0 aromatic heterocycles. The van der Waals surface area contributed by atoms with Crippen molar-refractivity contribution >= 4 is 11.6 Å². The molecule has 26 heavy (non-hydrogen) atoms. The van der Waals surface area contributed by atoms with Crippen molar-refractivity contribution in [2.24, 2.45) is 0 Å². The van der Waals surface area contributed by atoms with Crippen LogP contribution in [0.3, 0.4) is 0 Å². The summed E-state index contributed by atoms with van der Waals surface area (Å²) in [6.07, 6.45) is 1.47. The molecule has 0 spiro atoms. The quantitative estimate of drug-likeness (QED) is 0.611. The third-order valence-corrected chi connectivity index (χ3v) is 4.50. The van der Waals surface area contributed by atoms with E-state index in [0.29, 0.717) is 43.1 Å². The van der Waals surface area contributed by atoms with E-state index >= 15 is 0 Å². The predicted molar refractivity (Wildman–Crippen MR) is 101 cm³/mol. The smallest absolute Gasteiger partial charge is 0.209 e. The van der Waals surface area contributed by atoms with Crippen LogP contribution in [0.15, 0.2) is 60.3 Å². The largest absolute Gasteiger partial charge is 0.378 e. The van der Waals surface area contributed by atoms with Crippen LogP contribution < -0.4 is 0 Å². The summed E-state index contributed by atoms with van der Waals surface area (Å²) in [5.74, 6) is -0.292. The van der Waals surface area contributed by atoms with Gasteiger partial charge in [0.05, 0.1) is 18.9 Å². The molecule has 4 nitrogen and oxygen atoms in total. The van der Waals surface area contributed by atoms with E-state index in [-0.39, 0.29) is 11.6 Å². The Hall–Kier alpha value is -2.72. The van der Waals surface area contributed by atoms with Gasteiger partial charge in [-0.05, 0) is 13.8 Å². The van der Waals surface area contributed by atoms with Crippen LogP contribution in [0.1, 0.15) is 31.8 Å². The highest BCUT2D eigenvalue weighted by atomic mass is 16.5. The lowest BCUT2D eigenvalue weighted by molar-refractivity contribution is 0.0504. The number of aryl methyl sites for hydroxylation is 2. The van der Waals surface area contributed by atoms with E-state index in [1.807, 2.05) is 55.1 Å². The topological polar surface area (TPSA) is 46.6 Å². The van der Waals surface area contributed by atoms with Gasteiger partial charge in [0.2, 0.25) is 5.78 Å². The summed E-state index contributed by atoms with van der Waals surface area (Å²) in [4.78, 5) is 27.7. The Morgan fingerprint density at radius 3 is 1.88 bits per heavy atom. The lowest BCUT2D eigenvalue weighted by Crippen LogP contribution is -2.38. The number of nitrogens with zero attached hydrogens (tertiary/aromatic N) is 1. The first-order chi connectivity index (χ1) is 12.5. The van der Waals surface area contributed by atoms with Crippen LogP contribution in [0.5, 0.6) is 0 Å². The van der Waals surface area contributed by atoms with Crippen molar-refractivity contribution in [2.45, 2.75) is 13.8 Å². The van der Waals surface area contributed by atoms with Gasteiger partial charge in [-0.2, -0.15) is 0 Å². The van der Waals surface area contributed by atoms with Crippen LogP contribution in [-0.4, -0.2) is 42.8 Å². The Morgan fingerprint density at radius 1 is 0.846 bits per heavy atom. The summed E-state index contributed by atoms with van der Waals surface area (Å²) in [6, 6.07) is 14.8. The molecule has 1 aliphatic heterocycles. The number of carbonyl (C=O) groups excluding carboxylic acids is 2. The molecule has 1 aliphatic rings. The van der Waals surface area contributed by atoms with Crippen LogP contribution in [0.2, 0.25) is 0 Å². The van der Waals surface area contributed by atoms with E-state index in [4.69, 9.17) is 4.74 Å². The highest BCUT2D eigenvalue weighted by Gasteiger charge is 2.22. The molecule has 0 N–H and O–H groups in total. The molecule has 0 bridgehead atoms. The zero-order valence-electron chi connectivity index (χ0n) is 15.2. The van der Waals surface area contributed by atoms with Gasteiger partial charge in [0.1, 0.15) is 0 Å². The SMILES string of the molecule is Cc1ccc(C(=O)/C=C(/C(=O)c2ccc(C)cc2)N2CCOCC2)cc1. The fourth-order valence-corrected chi connectivity index (χ4v) is 2.88. The fraction of sp³-hybridized carbons (Fsp3) is 0.273.